The molecule has 12 rings (SSSR count). The molecule has 0 saturated carbocycles. The number of thioether (sulfide) groups is 2. The number of halogens is 4. The zero-order valence-electron chi connectivity index (χ0n) is 54.2. The highest BCUT2D eigenvalue weighted by atomic mass is 35.5. The Hall–Kier alpha value is -6.20. The number of carboxylic acids is 1. The molecule has 8 atom stereocenters. The van der Waals surface area contributed by atoms with Crippen LogP contribution in [-0.4, -0.2) is 172 Å². The first-order valence-electron chi connectivity index (χ1n) is 32.1. The minimum atomic E-state index is -0.955. The lowest BCUT2D eigenvalue weighted by Gasteiger charge is -2.38. The van der Waals surface area contributed by atoms with Gasteiger partial charge in [0, 0.05) is 123 Å². The lowest BCUT2D eigenvalue weighted by molar-refractivity contribution is -0.148. The van der Waals surface area contributed by atoms with E-state index in [1.165, 1.54) is 23.5 Å². The Labute approximate surface area is 573 Å². The molecule has 0 spiro atoms. The summed E-state index contributed by atoms with van der Waals surface area (Å²) in [7, 11) is 0. The van der Waals surface area contributed by atoms with Crippen molar-refractivity contribution in [2.45, 2.75) is 155 Å². The van der Waals surface area contributed by atoms with E-state index in [1.807, 2.05) is 82.3 Å². The quantitative estimate of drug-likeness (QED) is 0.127. The van der Waals surface area contributed by atoms with Gasteiger partial charge in [-0.05, 0) is 135 Å². The fourth-order valence-electron chi connectivity index (χ4n) is 14.2. The number of aromatic nitrogens is 2. The van der Waals surface area contributed by atoms with Gasteiger partial charge in [0.25, 0.3) is 11.8 Å². The summed E-state index contributed by atoms with van der Waals surface area (Å²) in [5, 5.41) is 16.6. The molecule has 2 N–H and O–H groups in total. The molecule has 0 radical (unpaired) electrons. The molecule has 8 aliphatic heterocycles. The SMILES string of the molecule is CC(=O)N1CCNCC1.CC[C@@H]1CC[C@@H](C(=O)N2CCN(C(C)=O)CC2)N1C(=O)C1=C(C(C)C)N2C(=N[C@@](C)(c3ccc(Cl)nc3)[C@H]2c2ccc(Cl)cc2)S1.CC[C@@H]1CC[C@@H](C(=O)O)N1C(=O)C1=C(C(C)C)N2C(=NC(C)(c3ccc(Cl)nc3)C2c2ccc(Cl)cc2)S1. The van der Waals surface area contributed by atoms with Crippen LogP contribution >= 0.6 is 69.9 Å². The average Bonchev–Trinajstić information content (AvgIpc) is 1.57. The van der Waals surface area contributed by atoms with Crippen molar-refractivity contribution in [3.05, 3.63) is 149 Å². The lowest BCUT2D eigenvalue weighted by Crippen LogP contribution is -2.56. The lowest BCUT2D eigenvalue weighted by atomic mass is 9.81. The van der Waals surface area contributed by atoms with Crippen LogP contribution in [0.1, 0.15) is 142 Å². The van der Waals surface area contributed by atoms with Crippen LogP contribution in [0, 0.1) is 11.8 Å². The van der Waals surface area contributed by atoms with Gasteiger partial charge in [0.2, 0.25) is 17.7 Å². The summed E-state index contributed by atoms with van der Waals surface area (Å²) in [5.41, 5.74) is 4.15. The number of aliphatic imine (C=N–C) groups is 2. The molecule has 25 heteroatoms. The highest BCUT2D eigenvalue weighted by molar-refractivity contribution is 8.18. The molecule has 2 unspecified atom stereocenters. The minimum absolute atomic E-state index is 0.00358. The molecule has 4 saturated heterocycles. The molecule has 8 aliphatic rings. The molecular weight excluding hydrogens is 1300 g/mol. The molecule has 4 aromatic rings. The van der Waals surface area contributed by atoms with Crippen molar-refractivity contribution in [1.82, 2.24) is 49.6 Å². The van der Waals surface area contributed by atoms with E-state index < -0.39 is 29.1 Å². The monoisotopic (exact) mass is 1380 g/mol. The zero-order valence-corrected chi connectivity index (χ0v) is 58.9. The number of piperazine rings is 2. The van der Waals surface area contributed by atoms with E-state index in [0.29, 0.717) is 87.2 Å². The van der Waals surface area contributed by atoms with E-state index in [2.05, 4.69) is 73.6 Å². The molecule has 10 heterocycles. The van der Waals surface area contributed by atoms with Crippen molar-refractivity contribution in [3.8, 4) is 0 Å². The Balaban J connectivity index is 0.000000181. The summed E-state index contributed by atoms with van der Waals surface area (Å²) in [6.45, 7) is 25.3. The maximum atomic E-state index is 14.8. The van der Waals surface area contributed by atoms with Crippen molar-refractivity contribution >= 4 is 116 Å². The summed E-state index contributed by atoms with van der Waals surface area (Å²) in [5.74, 6) is -1.12. The number of allylic oxidation sites excluding steroid dienone is 2. The number of hydrogen-bond acceptors (Lipinski definition) is 15. The molecule has 5 amide bonds. The number of fused-ring (bicyclic) bond motifs is 2. The number of hydrogen-bond donors (Lipinski definition) is 2. The van der Waals surface area contributed by atoms with Crippen molar-refractivity contribution in [2.24, 2.45) is 21.8 Å². The second-order valence-electron chi connectivity index (χ2n) is 25.6. The van der Waals surface area contributed by atoms with Crippen molar-refractivity contribution in [1.29, 1.82) is 0 Å². The Morgan fingerprint density at radius 2 is 0.946 bits per heavy atom. The van der Waals surface area contributed by atoms with Crippen LogP contribution in [0.2, 0.25) is 20.4 Å². The van der Waals surface area contributed by atoms with Crippen LogP contribution in [0.15, 0.2) is 116 Å². The largest absolute Gasteiger partial charge is 0.480 e. The number of amidine groups is 2. The van der Waals surface area contributed by atoms with Gasteiger partial charge >= 0.3 is 5.97 Å². The summed E-state index contributed by atoms with van der Waals surface area (Å²) in [6.07, 6.45) is 7.57. The number of aliphatic carboxylic acids is 1. The Morgan fingerprint density at radius 1 is 0.559 bits per heavy atom. The summed E-state index contributed by atoms with van der Waals surface area (Å²) in [6, 6.07) is 20.9. The Bertz CT molecular complexity index is 3620. The Kier molecular flexibility index (Phi) is 21.7. The predicted molar refractivity (Wildman–Crippen MR) is 369 cm³/mol. The number of nitrogens with zero attached hydrogens (tertiary/aromatic N) is 11. The first-order valence-corrected chi connectivity index (χ1v) is 35.2. The van der Waals surface area contributed by atoms with Crippen LogP contribution < -0.4 is 5.32 Å². The number of nitrogens with one attached hydrogen (secondary N) is 1. The second kappa shape index (κ2) is 29.0. The number of pyridine rings is 2. The van der Waals surface area contributed by atoms with Gasteiger partial charge in [-0.2, -0.15) is 0 Å². The van der Waals surface area contributed by atoms with Crippen molar-refractivity contribution < 1.29 is 33.9 Å². The molecular formula is C68H82Cl4N12O7S2. The molecule has 0 bridgehead atoms. The van der Waals surface area contributed by atoms with Crippen LogP contribution in [0.4, 0.5) is 0 Å². The van der Waals surface area contributed by atoms with Gasteiger partial charge in [-0.15, -0.1) is 0 Å². The number of carbonyl (C=O) groups is 6. The van der Waals surface area contributed by atoms with Crippen molar-refractivity contribution in [2.75, 3.05) is 52.4 Å². The van der Waals surface area contributed by atoms with Crippen LogP contribution in [0.5, 0.6) is 0 Å². The van der Waals surface area contributed by atoms with E-state index in [-0.39, 0.29) is 65.5 Å². The normalized spacial score (nSPS) is 25.9. The topological polar surface area (TPSA) is 208 Å². The minimum Gasteiger partial charge on any atom is -0.480 e. The van der Waals surface area contributed by atoms with Crippen molar-refractivity contribution in [3.63, 3.8) is 0 Å². The highest BCUT2D eigenvalue weighted by Gasteiger charge is 2.57. The molecule has 496 valence electrons. The van der Waals surface area contributed by atoms with Gasteiger partial charge in [0.05, 0.1) is 12.1 Å². The van der Waals surface area contributed by atoms with E-state index in [1.54, 1.807) is 48.2 Å². The number of rotatable bonds is 12. The number of carbonyl (C=O) groups excluding carboxylic acids is 5. The number of carboxylic acid groups (broad SMARTS) is 1. The van der Waals surface area contributed by atoms with E-state index >= 15 is 0 Å². The second-order valence-corrected chi connectivity index (χ2v) is 29.2. The fourth-order valence-corrected chi connectivity index (χ4v) is 17.4. The first-order chi connectivity index (χ1) is 44.3. The molecule has 2 aromatic carbocycles. The first kappa shape index (κ1) is 69.6. The summed E-state index contributed by atoms with van der Waals surface area (Å²) in [4.78, 5) is 111. The predicted octanol–water partition coefficient (Wildman–Crippen LogP) is 12.0. The molecule has 19 nitrogen and oxygen atoms in total. The maximum Gasteiger partial charge on any atom is 0.326 e. The van der Waals surface area contributed by atoms with Gasteiger partial charge in [0.15, 0.2) is 10.3 Å². The third-order valence-electron chi connectivity index (χ3n) is 19.1. The van der Waals surface area contributed by atoms with Gasteiger partial charge in [-0.3, -0.25) is 24.0 Å². The number of amides is 5. The molecule has 93 heavy (non-hydrogen) atoms. The van der Waals surface area contributed by atoms with Crippen LogP contribution in [0.3, 0.4) is 0 Å². The third-order valence-corrected chi connectivity index (χ3v) is 22.2. The number of likely N-dealkylation sites (tertiary alicyclic amines) is 2. The van der Waals surface area contributed by atoms with E-state index in [4.69, 9.17) is 56.4 Å². The third kappa shape index (κ3) is 14.0. The Morgan fingerprint density at radius 3 is 1.30 bits per heavy atom. The van der Waals surface area contributed by atoms with Gasteiger partial charge in [-0.1, -0.05) is 124 Å². The maximum absolute atomic E-state index is 14.8. The summed E-state index contributed by atoms with van der Waals surface area (Å²) < 4.78 is 0. The van der Waals surface area contributed by atoms with E-state index in [0.717, 1.165) is 77.8 Å². The van der Waals surface area contributed by atoms with Gasteiger partial charge < -0.3 is 44.7 Å². The standard InChI is InChI=1S/C34H40Cl2N6O3S.C28H30Cl2N4O3S.C6H12N2O/c1-6-25-12-13-26(31(44)40-17-15-39(16-18-40)21(4)43)41(25)32(45)29-28(20(2)3)42-30(22-7-10-24(35)11-8-22)34(5,38-33(42)46-29)23-9-14-27(36)37-19-23;1-5-19-11-12-20(26(36)37)33(19)25(35)23-22(15(2)3)34-24(16-6-9-18(29)10-7-16)28(4,32-27(34)38-23)17-8-13-21(30)31-14-17;1-6(9)8-4-2-7-3-5-8/h7-11,14,19-20,25-26,30H,6,12-13,15-18H2,1-5H3;6-10,13-15,19-20,24H,5,11-12H2,1-4H3,(H,36,37);7H,2-5H2,1H3/t25-,26+,30-,34+;19-,20+,24?,28?;/m11./s1. The summed E-state index contributed by atoms with van der Waals surface area (Å²) >= 11 is 27.6. The fraction of sp³-hybridized carbons (Fsp3) is 0.500. The average molecular weight is 1390 g/mol. The molecule has 4 fully saturated rings. The zero-order chi connectivity index (χ0) is 67.0. The van der Waals surface area contributed by atoms with Gasteiger partial charge in [-0.25, -0.2) is 24.7 Å². The molecule has 2 aromatic heterocycles. The van der Waals surface area contributed by atoms with Crippen LogP contribution in [-0.2, 0) is 39.8 Å². The van der Waals surface area contributed by atoms with E-state index in [9.17, 15) is 33.9 Å². The highest BCUT2D eigenvalue weighted by Crippen LogP contribution is 2.58. The molecule has 0 aliphatic carbocycles. The van der Waals surface area contributed by atoms with Gasteiger partial charge in [0.1, 0.15) is 43.3 Å². The number of benzene rings is 2. The van der Waals surface area contributed by atoms with Crippen LogP contribution in [0.25, 0.3) is 0 Å². The smallest absolute Gasteiger partial charge is 0.326 e.